The van der Waals surface area contributed by atoms with E-state index in [0.717, 1.165) is 17.8 Å². The van der Waals surface area contributed by atoms with Crippen molar-refractivity contribution in [2.75, 3.05) is 19.0 Å². The van der Waals surface area contributed by atoms with Crippen LogP contribution in [0.1, 0.15) is 39.8 Å². The van der Waals surface area contributed by atoms with Crippen LogP contribution in [0.4, 0.5) is 9.52 Å². The van der Waals surface area contributed by atoms with Gasteiger partial charge in [0.15, 0.2) is 16.6 Å². The number of aromatic nitrogens is 1. The smallest absolute Gasteiger partial charge is 0.269 e. The van der Waals surface area contributed by atoms with Gasteiger partial charge in [0.25, 0.3) is 11.8 Å². The third-order valence-corrected chi connectivity index (χ3v) is 5.24. The SMILES string of the molecule is CCCOc1ccc(C(=O)NNC(=O)Cc2csc(NC(=O)c3ccccc3F)n2)cc1OC. The third-order valence-electron chi connectivity index (χ3n) is 4.44. The van der Waals surface area contributed by atoms with Crippen molar-refractivity contribution in [3.63, 3.8) is 0 Å². The van der Waals surface area contributed by atoms with Crippen molar-refractivity contribution in [3.05, 3.63) is 70.5 Å². The van der Waals surface area contributed by atoms with E-state index >= 15 is 0 Å². The van der Waals surface area contributed by atoms with Crippen LogP contribution in [0.15, 0.2) is 47.8 Å². The number of carbonyl (C=O) groups excluding carboxylic acids is 3. The van der Waals surface area contributed by atoms with Crippen molar-refractivity contribution in [1.82, 2.24) is 15.8 Å². The number of hydrogen-bond donors (Lipinski definition) is 3. The van der Waals surface area contributed by atoms with Crippen LogP contribution in [-0.4, -0.2) is 36.4 Å². The molecule has 0 aliphatic heterocycles. The van der Waals surface area contributed by atoms with Gasteiger partial charge >= 0.3 is 0 Å². The molecule has 0 fully saturated rings. The van der Waals surface area contributed by atoms with E-state index in [9.17, 15) is 18.8 Å². The normalized spacial score (nSPS) is 10.3. The van der Waals surface area contributed by atoms with Crippen LogP contribution in [0.3, 0.4) is 0 Å². The van der Waals surface area contributed by atoms with Gasteiger partial charge in [0, 0.05) is 10.9 Å². The Labute approximate surface area is 199 Å². The number of hydrazine groups is 1. The maximum absolute atomic E-state index is 13.7. The first-order valence-corrected chi connectivity index (χ1v) is 11.2. The number of halogens is 1. The van der Waals surface area contributed by atoms with Crippen LogP contribution < -0.4 is 25.6 Å². The lowest BCUT2D eigenvalue weighted by atomic mass is 10.2. The van der Waals surface area contributed by atoms with Crippen molar-refractivity contribution in [2.24, 2.45) is 0 Å². The van der Waals surface area contributed by atoms with Crippen molar-refractivity contribution in [3.8, 4) is 11.5 Å². The number of amides is 3. The lowest BCUT2D eigenvalue weighted by molar-refractivity contribution is -0.121. The summed E-state index contributed by atoms with van der Waals surface area (Å²) in [5.41, 5.74) is 5.18. The second kappa shape index (κ2) is 11.8. The molecule has 0 spiro atoms. The van der Waals surface area contributed by atoms with Crippen molar-refractivity contribution >= 4 is 34.2 Å². The van der Waals surface area contributed by atoms with Crippen molar-refractivity contribution in [1.29, 1.82) is 0 Å². The van der Waals surface area contributed by atoms with Gasteiger partial charge in [-0.3, -0.25) is 30.6 Å². The molecular weight excluding hydrogens is 463 g/mol. The highest BCUT2D eigenvalue weighted by Gasteiger charge is 2.15. The number of methoxy groups -OCH3 is 1. The molecule has 1 aromatic heterocycles. The van der Waals surface area contributed by atoms with E-state index in [4.69, 9.17) is 9.47 Å². The van der Waals surface area contributed by atoms with Gasteiger partial charge in [0.1, 0.15) is 5.82 Å². The van der Waals surface area contributed by atoms with Gasteiger partial charge in [-0.2, -0.15) is 0 Å². The summed E-state index contributed by atoms with van der Waals surface area (Å²) >= 11 is 1.09. The molecule has 0 saturated carbocycles. The average Bonchev–Trinajstić information content (AvgIpc) is 3.27. The molecule has 11 heteroatoms. The quantitative estimate of drug-likeness (QED) is 0.399. The van der Waals surface area contributed by atoms with Gasteiger partial charge < -0.3 is 9.47 Å². The van der Waals surface area contributed by atoms with E-state index in [1.54, 1.807) is 23.6 Å². The molecule has 0 unspecified atom stereocenters. The van der Waals surface area contributed by atoms with Crippen molar-refractivity contribution < 1.29 is 28.2 Å². The predicted molar refractivity (Wildman–Crippen MR) is 125 cm³/mol. The van der Waals surface area contributed by atoms with E-state index in [1.165, 1.54) is 31.4 Å². The molecule has 34 heavy (non-hydrogen) atoms. The lowest BCUT2D eigenvalue weighted by Gasteiger charge is -2.12. The summed E-state index contributed by atoms with van der Waals surface area (Å²) in [7, 11) is 1.47. The summed E-state index contributed by atoms with van der Waals surface area (Å²) < 4.78 is 24.5. The average molecular weight is 487 g/mol. The highest BCUT2D eigenvalue weighted by atomic mass is 32.1. The second-order valence-electron chi connectivity index (χ2n) is 6.97. The maximum atomic E-state index is 13.7. The molecule has 0 bridgehead atoms. The largest absolute Gasteiger partial charge is 0.493 e. The van der Waals surface area contributed by atoms with Crippen LogP contribution >= 0.6 is 11.3 Å². The Morgan fingerprint density at radius 2 is 1.85 bits per heavy atom. The van der Waals surface area contributed by atoms with Gasteiger partial charge in [0.2, 0.25) is 5.91 Å². The first kappa shape index (κ1) is 24.6. The first-order chi connectivity index (χ1) is 16.4. The van der Waals surface area contributed by atoms with E-state index in [-0.39, 0.29) is 22.7 Å². The molecule has 0 radical (unpaired) electrons. The van der Waals surface area contributed by atoms with E-state index in [2.05, 4.69) is 21.2 Å². The van der Waals surface area contributed by atoms with E-state index in [0.29, 0.717) is 23.8 Å². The Balaban J connectivity index is 1.51. The Morgan fingerprint density at radius 1 is 1.06 bits per heavy atom. The number of nitrogens with one attached hydrogen (secondary N) is 3. The van der Waals surface area contributed by atoms with E-state index in [1.807, 2.05) is 6.92 Å². The molecule has 3 amide bonds. The molecule has 3 aromatic rings. The minimum absolute atomic E-state index is 0.110. The van der Waals surface area contributed by atoms with Crippen LogP contribution in [0.5, 0.6) is 11.5 Å². The summed E-state index contributed by atoms with van der Waals surface area (Å²) in [6.45, 7) is 2.49. The first-order valence-electron chi connectivity index (χ1n) is 10.3. The summed E-state index contributed by atoms with van der Waals surface area (Å²) in [6, 6.07) is 10.3. The highest BCUT2D eigenvalue weighted by Crippen LogP contribution is 2.28. The molecule has 1 heterocycles. The summed E-state index contributed by atoms with van der Waals surface area (Å²) in [4.78, 5) is 40.9. The molecule has 0 saturated heterocycles. The Bertz CT molecular complexity index is 1180. The highest BCUT2D eigenvalue weighted by molar-refractivity contribution is 7.14. The van der Waals surface area contributed by atoms with Gasteiger partial charge in [-0.25, -0.2) is 9.37 Å². The third kappa shape index (κ3) is 6.51. The fraction of sp³-hybridized carbons (Fsp3) is 0.217. The number of thiazole rings is 1. The van der Waals surface area contributed by atoms with E-state index < -0.39 is 23.5 Å². The van der Waals surface area contributed by atoms with Gasteiger partial charge in [-0.15, -0.1) is 11.3 Å². The molecule has 0 aliphatic carbocycles. The molecule has 0 atom stereocenters. The molecule has 178 valence electrons. The number of nitrogens with zero attached hydrogens (tertiary/aromatic N) is 1. The fourth-order valence-corrected chi connectivity index (χ4v) is 3.51. The molecular formula is C23H23FN4O5S. The topological polar surface area (TPSA) is 119 Å². The molecule has 2 aromatic carbocycles. The molecule has 0 aliphatic rings. The Kier molecular flexibility index (Phi) is 8.52. The number of rotatable bonds is 9. The lowest BCUT2D eigenvalue weighted by Crippen LogP contribution is -2.42. The fourth-order valence-electron chi connectivity index (χ4n) is 2.80. The van der Waals surface area contributed by atoms with Crippen LogP contribution in [0.2, 0.25) is 0 Å². The van der Waals surface area contributed by atoms with Crippen LogP contribution in [0.25, 0.3) is 0 Å². The standard InChI is InChI=1S/C23H23FN4O5S/c1-3-10-33-18-9-8-14(11-19(18)32-2)21(30)28-27-20(29)12-15-13-34-23(25-15)26-22(31)16-6-4-5-7-17(16)24/h4-9,11,13H,3,10,12H2,1-2H3,(H,27,29)(H,28,30)(H,25,26,31). The van der Waals surface area contributed by atoms with Gasteiger partial charge in [-0.1, -0.05) is 19.1 Å². The maximum Gasteiger partial charge on any atom is 0.269 e. The number of carbonyl (C=O) groups is 3. The zero-order valence-electron chi connectivity index (χ0n) is 18.5. The summed E-state index contributed by atoms with van der Waals surface area (Å²) in [6.07, 6.45) is 0.690. The molecule has 3 N–H and O–H groups in total. The number of ether oxygens (including phenoxy) is 2. The molecule has 3 rings (SSSR count). The Hall–Kier alpha value is -3.99. The zero-order chi connectivity index (χ0) is 24.5. The van der Waals surface area contributed by atoms with Crippen LogP contribution in [-0.2, 0) is 11.2 Å². The summed E-state index contributed by atoms with van der Waals surface area (Å²) in [5.74, 6) is -1.42. The summed E-state index contributed by atoms with van der Waals surface area (Å²) in [5, 5.41) is 4.30. The number of hydrogen-bond acceptors (Lipinski definition) is 7. The Morgan fingerprint density at radius 3 is 2.59 bits per heavy atom. The monoisotopic (exact) mass is 486 g/mol. The zero-order valence-corrected chi connectivity index (χ0v) is 19.3. The minimum Gasteiger partial charge on any atom is -0.493 e. The number of benzene rings is 2. The van der Waals surface area contributed by atoms with Gasteiger partial charge in [0.05, 0.1) is 31.4 Å². The predicted octanol–water partition coefficient (Wildman–Crippen LogP) is 3.34. The molecule has 9 nitrogen and oxygen atoms in total. The van der Waals surface area contributed by atoms with Crippen molar-refractivity contribution in [2.45, 2.75) is 19.8 Å². The van der Waals surface area contributed by atoms with Crippen LogP contribution in [0, 0.1) is 5.82 Å². The second-order valence-corrected chi connectivity index (χ2v) is 7.83. The minimum atomic E-state index is -0.646. The van der Waals surface area contributed by atoms with Gasteiger partial charge in [-0.05, 0) is 36.8 Å². The number of anilines is 1.